The van der Waals surface area contributed by atoms with Crippen molar-refractivity contribution in [3.05, 3.63) is 102 Å². The molecule has 1 unspecified atom stereocenters. The van der Waals surface area contributed by atoms with E-state index in [1.807, 2.05) is 84.9 Å². The Balaban J connectivity index is 2.01. The fourth-order valence-electron chi connectivity index (χ4n) is 3.72. The molecule has 5 heteroatoms. The van der Waals surface area contributed by atoms with Gasteiger partial charge in [-0.25, -0.2) is 4.79 Å². The number of carbonyl (C=O) groups is 2. The zero-order valence-electron chi connectivity index (χ0n) is 17.9. The summed E-state index contributed by atoms with van der Waals surface area (Å²) in [7, 11) is 1.29. The van der Waals surface area contributed by atoms with Gasteiger partial charge in [0, 0.05) is 11.6 Å². The van der Waals surface area contributed by atoms with Gasteiger partial charge >= 0.3 is 6.09 Å². The molecular weight excluding hydrogens is 388 g/mol. The van der Waals surface area contributed by atoms with Crippen LogP contribution in [0.4, 0.5) is 10.5 Å². The van der Waals surface area contributed by atoms with Crippen LogP contribution >= 0.6 is 0 Å². The standard InChI is InChI=1S/C26H28N2O3/c1-3-12-19-13-10-11-18-22(19)27-25(29)24(28-26(30)31-2)23(20-14-6-4-7-15-20)21-16-8-5-9-17-21/h4-11,13-18,23-24H,3,12H2,1-2H3,(H,27,29)(H,28,30). The SMILES string of the molecule is CCCc1ccccc1NC(=O)C(NC(=O)OC)C(c1ccccc1)c1ccccc1. The van der Waals surface area contributed by atoms with Crippen LogP contribution < -0.4 is 10.6 Å². The van der Waals surface area contributed by atoms with Crippen LogP contribution in [0.5, 0.6) is 0 Å². The van der Waals surface area contributed by atoms with E-state index in [9.17, 15) is 9.59 Å². The lowest BCUT2D eigenvalue weighted by Gasteiger charge is -2.28. The average Bonchev–Trinajstić information content (AvgIpc) is 2.81. The van der Waals surface area contributed by atoms with Crippen LogP contribution in [0, 0.1) is 0 Å². The topological polar surface area (TPSA) is 67.4 Å². The number of amides is 2. The van der Waals surface area contributed by atoms with Gasteiger partial charge in [-0.2, -0.15) is 0 Å². The number of para-hydroxylation sites is 1. The lowest BCUT2D eigenvalue weighted by Crippen LogP contribution is -2.48. The Hall–Kier alpha value is -3.60. The Morgan fingerprint density at radius 1 is 0.839 bits per heavy atom. The molecule has 0 aromatic heterocycles. The van der Waals surface area contributed by atoms with Crippen LogP contribution in [0.15, 0.2) is 84.9 Å². The summed E-state index contributed by atoms with van der Waals surface area (Å²) in [6, 6.07) is 26.3. The number of aryl methyl sites for hydroxylation is 1. The fourth-order valence-corrected chi connectivity index (χ4v) is 3.72. The zero-order chi connectivity index (χ0) is 22.1. The first kappa shape index (κ1) is 22.1. The molecule has 31 heavy (non-hydrogen) atoms. The summed E-state index contributed by atoms with van der Waals surface area (Å²) >= 11 is 0. The maximum Gasteiger partial charge on any atom is 0.407 e. The minimum atomic E-state index is -0.869. The van der Waals surface area contributed by atoms with Crippen molar-refractivity contribution < 1.29 is 14.3 Å². The largest absolute Gasteiger partial charge is 0.453 e. The first-order valence-corrected chi connectivity index (χ1v) is 10.5. The van der Waals surface area contributed by atoms with E-state index in [2.05, 4.69) is 17.6 Å². The number of rotatable bonds is 8. The van der Waals surface area contributed by atoms with E-state index in [0.29, 0.717) is 0 Å². The molecule has 3 aromatic carbocycles. The number of hydrogen-bond donors (Lipinski definition) is 2. The van der Waals surface area contributed by atoms with Crippen LogP contribution in [0.1, 0.15) is 36.0 Å². The van der Waals surface area contributed by atoms with Crippen molar-refractivity contribution in [3.8, 4) is 0 Å². The molecule has 160 valence electrons. The number of nitrogens with one attached hydrogen (secondary N) is 2. The van der Waals surface area contributed by atoms with E-state index in [1.54, 1.807) is 0 Å². The zero-order valence-corrected chi connectivity index (χ0v) is 17.9. The van der Waals surface area contributed by atoms with Gasteiger partial charge in [0.2, 0.25) is 5.91 Å². The third-order valence-corrected chi connectivity index (χ3v) is 5.19. The number of hydrogen-bond acceptors (Lipinski definition) is 3. The van der Waals surface area contributed by atoms with Crippen LogP contribution in [-0.2, 0) is 16.0 Å². The molecule has 3 aromatic rings. The van der Waals surface area contributed by atoms with Crippen LogP contribution in [-0.4, -0.2) is 25.2 Å². The predicted octanol–water partition coefficient (Wildman–Crippen LogP) is 5.13. The molecule has 0 aliphatic rings. The Labute approximate surface area is 183 Å². The van der Waals surface area contributed by atoms with Crippen molar-refractivity contribution in [1.82, 2.24) is 5.32 Å². The highest BCUT2D eigenvalue weighted by Crippen LogP contribution is 2.29. The molecule has 5 nitrogen and oxygen atoms in total. The third kappa shape index (κ3) is 5.72. The molecule has 2 amide bonds. The lowest BCUT2D eigenvalue weighted by atomic mass is 9.84. The summed E-state index contributed by atoms with van der Waals surface area (Å²) in [5.41, 5.74) is 3.66. The minimum absolute atomic E-state index is 0.299. The van der Waals surface area contributed by atoms with Crippen molar-refractivity contribution in [2.24, 2.45) is 0 Å². The lowest BCUT2D eigenvalue weighted by molar-refractivity contribution is -0.118. The second kappa shape index (κ2) is 11.0. The average molecular weight is 417 g/mol. The quantitative estimate of drug-likeness (QED) is 0.535. The van der Waals surface area contributed by atoms with E-state index in [4.69, 9.17) is 4.74 Å². The predicted molar refractivity (Wildman–Crippen MR) is 123 cm³/mol. The maximum atomic E-state index is 13.5. The van der Waals surface area contributed by atoms with E-state index in [-0.39, 0.29) is 11.8 Å². The van der Waals surface area contributed by atoms with E-state index >= 15 is 0 Å². The molecule has 0 spiro atoms. The number of alkyl carbamates (subject to hydrolysis) is 1. The third-order valence-electron chi connectivity index (χ3n) is 5.19. The van der Waals surface area contributed by atoms with Gasteiger partial charge in [0.05, 0.1) is 7.11 Å². The normalized spacial score (nSPS) is 11.6. The van der Waals surface area contributed by atoms with E-state index in [0.717, 1.165) is 35.2 Å². The van der Waals surface area contributed by atoms with Crippen molar-refractivity contribution in [1.29, 1.82) is 0 Å². The van der Waals surface area contributed by atoms with Gasteiger partial charge in [0.15, 0.2) is 0 Å². The fraction of sp³-hybridized carbons (Fsp3) is 0.231. The summed E-state index contributed by atoms with van der Waals surface area (Å²) in [6.07, 6.45) is 1.17. The van der Waals surface area contributed by atoms with Gasteiger partial charge in [0.1, 0.15) is 6.04 Å². The van der Waals surface area contributed by atoms with Crippen molar-refractivity contribution in [3.63, 3.8) is 0 Å². The first-order valence-electron chi connectivity index (χ1n) is 10.5. The highest BCUT2D eigenvalue weighted by molar-refractivity contribution is 5.98. The van der Waals surface area contributed by atoms with Crippen molar-refractivity contribution in [2.45, 2.75) is 31.7 Å². The van der Waals surface area contributed by atoms with Crippen molar-refractivity contribution in [2.75, 3.05) is 12.4 Å². The summed E-state index contributed by atoms with van der Waals surface area (Å²) in [5.74, 6) is -0.688. The number of carbonyl (C=O) groups excluding carboxylic acids is 2. The van der Waals surface area contributed by atoms with Gasteiger partial charge in [-0.3, -0.25) is 4.79 Å². The molecule has 1 atom stereocenters. The molecule has 0 saturated carbocycles. The molecule has 2 N–H and O–H groups in total. The Bertz CT molecular complexity index is 950. The summed E-state index contributed by atoms with van der Waals surface area (Å²) in [5, 5.41) is 5.80. The highest BCUT2D eigenvalue weighted by atomic mass is 16.5. The monoisotopic (exact) mass is 416 g/mol. The van der Waals surface area contributed by atoms with Gasteiger partial charge in [-0.15, -0.1) is 0 Å². The minimum Gasteiger partial charge on any atom is -0.453 e. The molecule has 0 aliphatic carbocycles. The van der Waals surface area contributed by atoms with Crippen molar-refractivity contribution >= 4 is 17.7 Å². The van der Waals surface area contributed by atoms with E-state index in [1.165, 1.54) is 7.11 Å². The summed E-state index contributed by atoms with van der Waals surface area (Å²) < 4.78 is 4.84. The number of methoxy groups -OCH3 is 1. The highest BCUT2D eigenvalue weighted by Gasteiger charge is 2.33. The maximum absolute atomic E-state index is 13.5. The molecule has 0 aliphatic heterocycles. The summed E-state index contributed by atoms with van der Waals surface area (Å²) in [6.45, 7) is 2.10. The molecule has 3 rings (SSSR count). The smallest absolute Gasteiger partial charge is 0.407 e. The Morgan fingerprint density at radius 3 is 1.94 bits per heavy atom. The molecule has 0 radical (unpaired) electrons. The van der Waals surface area contributed by atoms with Crippen LogP contribution in [0.25, 0.3) is 0 Å². The molecule has 0 bridgehead atoms. The Kier molecular flexibility index (Phi) is 7.82. The molecule has 0 heterocycles. The summed E-state index contributed by atoms with van der Waals surface area (Å²) in [4.78, 5) is 25.7. The Morgan fingerprint density at radius 2 is 1.39 bits per heavy atom. The van der Waals surface area contributed by atoms with Crippen LogP contribution in [0.2, 0.25) is 0 Å². The van der Waals surface area contributed by atoms with Gasteiger partial charge in [-0.05, 0) is 29.2 Å². The number of anilines is 1. The van der Waals surface area contributed by atoms with Gasteiger partial charge < -0.3 is 15.4 Å². The van der Waals surface area contributed by atoms with E-state index < -0.39 is 12.1 Å². The number of ether oxygens (including phenoxy) is 1. The molecule has 0 saturated heterocycles. The second-order valence-corrected chi connectivity index (χ2v) is 7.31. The second-order valence-electron chi connectivity index (χ2n) is 7.31. The molecule has 0 fully saturated rings. The van der Waals surface area contributed by atoms with Gasteiger partial charge in [-0.1, -0.05) is 92.2 Å². The van der Waals surface area contributed by atoms with Gasteiger partial charge in [0.25, 0.3) is 0 Å². The van der Waals surface area contributed by atoms with Crippen LogP contribution in [0.3, 0.4) is 0 Å². The molecular formula is C26H28N2O3. The number of benzene rings is 3. The first-order chi connectivity index (χ1) is 15.1.